The van der Waals surface area contributed by atoms with Crippen molar-refractivity contribution in [2.45, 2.75) is 25.0 Å². The fourth-order valence-electron chi connectivity index (χ4n) is 2.45. The topological polar surface area (TPSA) is 44.3 Å². The van der Waals surface area contributed by atoms with Gasteiger partial charge in [0.2, 0.25) is 0 Å². The highest BCUT2D eigenvalue weighted by Crippen LogP contribution is 2.36. The van der Waals surface area contributed by atoms with Crippen LogP contribution in [0.1, 0.15) is 16.7 Å². The Balaban J connectivity index is 0.00000288. The molecule has 1 aliphatic heterocycles. The number of benzene rings is 1. The molecule has 0 aliphatic carbocycles. The smallest absolute Gasteiger partial charge is 0.391 e. The molecule has 24 heavy (non-hydrogen) atoms. The second-order valence-electron chi connectivity index (χ2n) is 5.53. The van der Waals surface area contributed by atoms with E-state index in [1.54, 1.807) is 0 Å². The van der Waals surface area contributed by atoms with Crippen LogP contribution in [0, 0.1) is 5.92 Å². The van der Waals surface area contributed by atoms with Crippen LogP contribution in [-0.4, -0.2) is 30.8 Å². The number of alkyl halides is 6. The van der Waals surface area contributed by atoms with E-state index in [4.69, 9.17) is 0 Å². The van der Waals surface area contributed by atoms with Gasteiger partial charge in [0.1, 0.15) is 0 Å². The first-order valence-electron chi connectivity index (χ1n) is 6.95. The van der Waals surface area contributed by atoms with Gasteiger partial charge in [0.15, 0.2) is 0 Å². The molecule has 0 saturated carbocycles. The summed E-state index contributed by atoms with van der Waals surface area (Å²) in [7, 11) is 0. The zero-order valence-corrected chi connectivity index (χ0v) is 13.2. The van der Waals surface area contributed by atoms with Crippen LogP contribution in [0.3, 0.4) is 0 Å². The molecule has 0 bridgehead atoms. The first-order valence-corrected chi connectivity index (χ1v) is 6.95. The third-order valence-corrected chi connectivity index (χ3v) is 3.69. The SMILES string of the molecule is Cl.OC1CNCC1CNCc1cc(C(F)(F)F)cc(C(F)(F)F)c1. The maximum atomic E-state index is 12.7. The van der Waals surface area contributed by atoms with Crippen molar-refractivity contribution in [2.24, 2.45) is 5.92 Å². The maximum absolute atomic E-state index is 12.7. The highest BCUT2D eigenvalue weighted by molar-refractivity contribution is 5.85. The Morgan fingerprint density at radius 3 is 1.96 bits per heavy atom. The zero-order valence-electron chi connectivity index (χ0n) is 12.3. The Labute approximate surface area is 140 Å². The molecule has 2 unspecified atom stereocenters. The minimum atomic E-state index is -4.85. The van der Waals surface area contributed by atoms with Crippen molar-refractivity contribution < 1.29 is 31.4 Å². The summed E-state index contributed by atoms with van der Waals surface area (Å²) in [6.45, 7) is 1.13. The van der Waals surface area contributed by atoms with Gasteiger partial charge in [-0.05, 0) is 23.8 Å². The lowest BCUT2D eigenvalue weighted by Crippen LogP contribution is -2.30. The van der Waals surface area contributed by atoms with Gasteiger partial charge in [-0.25, -0.2) is 0 Å². The van der Waals surface area contributed by atoms with Gasteiger partial charge in [-0.3, -0.25) is 0 Å². The fourth-order valence-corrected chi connectivity index (χ4v) is 2.45. The van der Waals surface area contributed by atoms with E-state index in [1.165, 1.54) is 0 Å². The number of aliphatic hydroxyl groups is 1. The summed E-state index contributed by atoms with van der Waals surface area (Å²) >= 11 is 0. The highest BCUT2D eigenvalue weighted by Gasteiger charge is 2.36. The van der Waals surface area contributed by atoms with Crippen LogP contribution in [-0.2, 0) is 18.9 Å². The second kappa shape index (κ2) is 7.90. The number of rotatable bonds is 4. The molecule has 138 valence electrons. The van der Waals surface area contributed by atoms with Crippen molar-refractivity contribution in [3.8, 4) is 0 Å². The quantitative estimate of drug-likeness (QED) is 0.706. The average molecular weight is 379 g/mol. The third kappa shape index (κ3) is 5.51. The van der Waals surface area contributed by atoms with Gasteiger partial charge in [-0.1, -0.05) is 0 Å². The van der Waals surface area contributed by atoms with Crippen molar-refractivity contribution in [1.82, 2.24) is 10.6 Å². The maximum Gasteiger partial charge on any atom is 0.416 e. The molecule has 2 rings (SSSR count). The number of nitrogens with one attached hydrogen (secondary N) is 2. The summed E-state index contributed by atoms with van der Waals surface area (Å²) in [5.74, 6) is -0.122. The van der Waals surface area contributed by atoms with Crippen molar-refractivity contribution in [2.75, 3.05) is 19.6 Å². The third-order valence-electron chi connectivity index (χ3n) is 3.69. The zero-order chi connectivity index (χ0) is 17.3. The fraction of sp³-hybridized carbons (Fsp3) is 0.571. The summed E-state index contributed by atoms with van der Waals surface area (Å²) in [5.41, 5.74) is -2.76. The lowest BCUT2D eigenvalue weighted by atomic mass is 10.0. The van der Waals surface area contributed by atoms with E-state index in [2.05, 4.69) is 10.6 Å². The molecule has 1 aromatic rings. The lowest BCUT2D eigenvalue weighted by molar-refractivity contribution is -0.143. The van der Waals surface area contributed by atoms with Crippen LogP contribution in [0.2, 0.25) is 0 Å². The Hall–Kier alpha value is -1.03. The first-order chi connectivity index (χ1) is 10.6. The van der Waals surface area contributed by atoms with Gasteiger partial charge in [0.25, 0.3) is 0 Å². The second-order valence-corrected chi connectivity index (χ2v) is 5.53. The van der Waals surface area contributed by atoms with Crippen molar-refractivity contribution >= 4 is 12.4 Å². The predicted octanol–water partition coefficient (Wildman–Crippen LogP) is 2.82. The lowest BCUT2D eigenvalue weighted by Gasteiger charge is -2.16. The largest absolute Gasteiger partial charge is 0.416 e. The average Bonchev–Trinajstić information content (AvgIpc) is 2.82. The highest BCUT2D eigenvalue weighted by atomic mass is 35.5. The van der Waals surface area contributed by atoms with E-state index in [-0.39, 0.29) is 36.5 Å². The monoisotopic (exact) mass is 378 g/mol. The summed E-state index contributed by atoms with van der Waals surface area (Å²) in [5, 5.41) is 15.3. The Morgan fingerprint density at radius 1 is 1.00 bits per heavy atom. The first kappa shape index (κ1) is 21.0. The van der Waals surface area contributed by atoms with Crippen LogP contribution >= 0.6 is 12.4 Å². The van der Waals surface area contributed by atoms with E-state index < -0.39 is 29.6 Å². The number of β-amino-alcohol motifs (C(OH)–C–C–N with tert-alkyl or cyclic N) is 1. The molecule has 0 radical (unpaired) electrons. The minimum Gasteiger partial charge on any atom is -0.391 e. The molecule has 1 saturated heterocycles. The van der Waals surface area contributed by atoms with E-state index in [0.717, 1.165) is 0 Å². The summed E-state index contributed by atoms with van der Waals surface area (Å²) in [6, 6.07) is 1.51. The van der Waals surface area contributed by atoms with Crippen LogP contribution in [0.4, 0.5) is 26.3 Å². The van der Waals surface area contributed by atoms with Crippen LogP contribution in [0.15, 0.2) is 18.2 Å². The molecule has 1 fully saturated rings. The van der Waals surface area contributed by atoms with E-state index in [1.807, 2.05) is 0 Å². The molecule has 0 amide bonds. The van der Waals surface area contributed by atoms with Gasteiger partial charge >= 0.3 is 12.4 Å². The normalized spacial score (nSPS) is 21.6. The van der Waals surface area contributed by atoms with Gasteiger partial charge in [-0.2, -0.15) is 26.3 Å². The Bertz CT molecular complexity index is 517. The predicted molar refractivity (Wildman–Crippen MR) is 77.8 cm³/mol. The summed E-state index contributed by atoms with van der Waals surface area (Å²) in [4.78, 5) is 0. The van der Waals surface area contributed by atoms with Crippen molar-refractivity contribution in [1.29, 1.82) is 0 Å². The molecule has 1 aliphatic rings. The minimum absolute atomic E-state index is 0. The molecule has 3 nitrogen and oxygen atoms in total. The van der Waals surface area contributed by atoms with Gasteiger partial charge in [0, 0.05) is 32.1 Å². The molecule has 1 aromatic carbocycles. The van der Waals surface area contributed by atoms with Gasteiger partial charge in [-0.15, -0.1) is 12.4 Å². The number of hydrogen-bond donors (Lipinski definition) is 3. The van der Waals surface area contributed by atoms with Crippen molar-refractivity contribution in [3.05, 3.63) is 34.9 Å². The van der Waals surface area contributed by atoms with E-state index in [9.17, 15) is 31.4 Å². The molecule has 1 heterocycles. The van der Waals surface area contributed by atoms with Gasteiger partial charge < -0.3 is 15.7 Å². The Kier molecular flexibility index (Phi) is 6.92. The van der Waals surface area contributed by atoms with Crippen LogP contribution in [0.25, 0.3) is 0 Å². The molecule has 2 atom stereocenters. The standard InChI is InChI=1S/C14H16F6N2O.ClH/c15-13(16,17)10-1-8(2-11(3-10)14(18,19)20)4-21-5-9-6-22-7-12(9)23;/h1-3,9,12,21-23H,4-7H2;1H. The summed E-state index contributed by atoms with van der Waals surface area (Å²) in [6.07, 6.45) is -10.3. The molecule has 0 spiro atoms. The number of halogens is 7. The van der Waals surface area contributed by atoms with E-state index >= 15 is 0 Å². The van der Waals surface area contributed by atoms with E-state index in [0.29, 0.717) is 31.8 Å². The molecular weight excluding hydrogens is 362 g/mol. The molecular formula is C14H17ClF6N2O. The molecule has 10 heteroatoms. The number of aliphatic hydroxyl groups excluding tert-OH is 1. The van der Waals surface area contributed by atoms with Gasteiger partial charge in [0.05, 0.1) is 17.2 Å². The van der Waals surface area contributed by atoms with Crippen LogP contribution in [0.5, 0.6) is 0 Å². The Morgan fingerprint density at radius 2 is 1.54 bits per heavy atom. The summed E-state index contributed by atoms with van der Waals surface area (Å²) < 4.78 is 76.4. The molecule has 0 aromatic heterocycles. The molecule has 3 N–H and O–H groups in total. The number of hydrogen-bond acceptors (Lipinski definition) is 3. The van der Waals surface area contributed by atoms with Crippen molar-refractivity contribution in [3.63, 3.8) is 0 Å². The van der Waals surface area contributed by atoms with Crippen LogP contribution < -0.4 is 10.6 Å².